The first kappa shape index (κ1) is 12.7. The molecule has 0 aliphatic rings. The van der Waals surface area contributed by atoms with E-state index in [2.05, 4.69) is 0 Å². The molecular formula is C8H13IO4. The SMILES string of the molecule is CC(I)C(=O)OC(C)(C)CC(=O)O. The van der Waals surface area contributed by atoms with Gasteiger partial charge in [-0.25, -0.2) is 0 Å². The van der Waals surface area contributed by atoms with E-state index >= 15 is 0 Å². The lowest BCUT2D eigenvalue weighted by Gasteiger charge is -2.23. The molecule has 76 valence electrons. The highest BCUT2D eigenvalue weighted by molar-refractivity contribution is 14.1. The summed E-state index contributed by atoms with van der Waals surface area (Å²) in [5.74, 6) is -1.36. The molecule has 0 aromatic carbocycles. The molecule has 0 aromatic rings. The summed E-state index contributed by atoms with van der Waals surface area (Å²) in [6.07, 6.45) is -0.178. The van der Waals surface area contributed by atoms with Gasteiger partial charge in [-0.15, -0.1) is 0 Å². The van der Waals surface area contributed by atoms with Gasteiger partial charge in [0.25, 0.3) is 0 Å². The first-order valence-corrected chi connectivity index (χ1v) is 5.08. The molecule has 0 aromatic heterocycles. The number of ether oxygens (including phenoxy) is 1. The number of carbonyl (C=O) groups is 2. The van der Waals surface area contributed by atoms with E-state index < -0.39 is 11.6 Å². The Kier molecular flexibility index (Phi) is 4.66. The van der Waals surface area contributed by atoms with Gasteiger partial charge in [0.2, 0.25) is 0 Å². The normalized spacial score (nSPS) is 13.5. The highest BCUT2D eigenvalue weighted by Crippen LogP contribution is 2.17. The lowest BCUT2D eigenvalue weighted by Crippen LogP contribution is -2.33. The van der Waals surface area contributed by atoms with Crippen LogP contribution in [0.1, 0.15) is 27.2 Å². The van der Waals surface area contributed by atoms with Gasteiger partial charge in [0, 0.05) is 0 Å². The molecule has 0 saturated carbocycles. The quantitative estimate of drug-likeness (QED) is 0.487. The summed E-state index contributed by atoms with van der Waals surface area (Å²) in [6.45, 7) is 4.86. The van der Waals surface area contributed by atoms with Crippen LogP contribution in [-0.4, -0.2) is 26.6 Å². The third kappa shape index (κ3) is 5.84. The molecule has 0 aliphatic carbocycles. The van der Waals surface area contributed by atoms with Crippen LogP contribution >= 0.6 is 22.6 Å². The lowest BCUT2D eigenvalue weighted by molar-refractivity contribution is -0.159. The highest BCUT2D eigenvalue weighted by atomic mass is 127. The number of hydrogen-bond acceptors (Lipinski definition) is 3. The summed E-state index contributed by atoms with van der Waals surface area (Å²) in [6, 6.07) is 0. The van der Waals surface area contributed by atoms with Crippen molar-refractivity contribution in [2.45, 2.75) is 36.7 Å². The molecule has 5 heteroatoms. The Morgan fingerprint density at radius 1 is 1.54 bits per heavy atom. The molecule has 1 atom stereocenters. The van der Waals surface area contributed by atoms with E-state index in [0.717, 1.165) is 0 Å². The van der Waals surface area contributed by atoms with Crippen LogP contribution in [0.2, 0.25) is 0 Å². The minimum absolute atomic E-state index is 0.178. The molecule has 0 aliphatic heterocycles. The molecule has 0 spiro atoms. The smallest absolute Gasteiger partial charge is 0.319 e. The average Bonchev–Trinajstić information content (AvgIpc) is 1.81. The second-order valence-corrected chi connectivity index (χ2v) is 5.24. The maximum absolute atomic E-state index is 11.1. The first-order chi connectivity index (χ1) is 5.74. The standard InChI is InChI=1S/C8H13IO4/c1-5(9)7(12)13-8(2,3)4-6(10)11/h5H,4H2,1-3H3,(H,10,11). The van der Waals surface area contributed by atoms with E-state index in [0.29, 0.717) is 0 Å². The number of esters is 1. The van der Waals surface area contributed by atoms with Crippen LogP contribution in [0.5, 0.6) is 0 Å². The van der Waals surface area contributed by atoms with Crippen molar-refractivity contribution in [3.8, 4) is 0 Å². The Bertz CT molecular complexity index is 210. The Hall–Kier alpha value is -0.330. The summed E-state index contributed by atoms with van der Waals surface area (Å²) in [7, 11) is 0. The Balaban J connectivity index is 4.16. The van der Waals surface area contributed by atoms with E-state index in [-0.39, 0.29) is 16.3 Å². The fourth-order valence-corrected chi connectivity index (χ4v) is 0.881. The van der Waals surface area contributed by atoms with Gasteiger partial charge in [0.1, 0.15) is 9.53 Å². The van der Waals surface area contributed by atoms with Crippen molar-refractivity contribution in [2.24, 2.45) is 0 Å². The number of halogens is 1. The number of hydrogen-bond donors (Lipinski definition) is 1. The third-order valence-electron chi connectivity index (χ3n) is 1.28. The second kappa shape index (κ2) is 4.78. The topological polar surface area (TPSA) is 63.6 Å². The minimum atomic E-state index is -0.973. The zero-order chi connectivity index (χ0) is 10.6. The number of rotatable bonds is 4. The first-order valence-electron chi connectivity index (χ1n) is 3.83. The zero-order valence-electron chi connectivity index (χ0n) is 7.83. The second-order valence-electron chi connectivity index (χ2n) is 3.37. The van der Waals surface area contributed by atoms with Gasteiger partial charge in [0.05, 0.1) is 6.42 Å². The van der Waals surface area contributed by atoms with Gasteiger partial charge in [-0.1, -0.05) is 22.6 Å². The largest absolute Gasteiger partial charge is 0.481 e. The number of carboxylic acids is 1. The van der Waals surface area contributed by atoms with Crippen LogP contribution < -0.4 is 0 Å². The van der Waals surface area contributed by atoms with E-state index in [1.165, 1.54) is 0 Å². The van der Waals surface area contributed by atoms with E-state index in [4.69, 9.17) is 9.84 Å². The van der Waals surface area contributed by atoms with Gasteiger partial charge in [0.15, 0.2) is 0 Å². The van der Waals surface area contributed by atoms with Crippen LogP contribution in [0.15, 0.2) is 0 Å². The van der Waals surface area contributed by atoms with Gasteiger partial charge < -0.3 is 9.84 Å². The number of carbonyl (C=O) groups excluding carboxylic acids is 1. The minimum Gasteiger partial charge on any atom is -0.481 e. The predicted octanol–water partition coefficient (Wildman–Crippen LogP) is 1.61. The maximum atomic E-state index is 11.1. The van der Waals surface area contributed by atoms with Crippen LogP contribution in [0.3, 0.4) is 0 Å². The van der Waals surface area contributed by atoms with Crippen molar-refractivity contribution in [3.05, 3.63) is 0 Å². The molecule has 0 saturated heterocycles. The summed E-state index contributed by atoms with van der Waals surface area (Å²) >= 11 is 1.92. The predicted molar refractivity (Wildman–Crippen MR) is 55.9 cm³/mol. The molecule has 1 N–H and O–H groups in total. The summed E-state index contributed by atoms with van der Waals surface area (Å²) in [5, 5.41) is 8.51. The van der Waals surface area contributed by atoms with Crippen molar-refractivity contribution in [1.82, 2.24) is 0 Å². The van der Waals surface area contributed by atoms with Crippen molar-refractivity contribution in [2.75, 3.05) is 0 Å². The monoisotopic (exact) mass is 300 g/mol. The average molecular weight is 300 g/mol. The lowest BCUT2D eigenvalue weighted by atomic mass is 10.1. The van der Waals surface area contributed by atoms with Gasteiger partial charge in [-0.3, -0.25) is 9.59 Å². The Morgan fingerprint density at radius 2 is 2.00 bits per heavy atom. The molecule has 0 bridgehead atoms. The maximum Gasteiger partial charge on any atom is 0.319 e. The van der Waals surface area contributed by atoms with Gasteiger partial charge in [-0.2, -0.15) is 0 Å². The molecule has 13 heavy (non-hydrogen) atoms. The van der Waals surface area contributed by atoms with Crippen LogP contribution in [0, 0.1) is 0 Å². The molecule has 0 heterocycles. The van der Waals surface area contributed by atoms with Crippen LogP contribution in [-0.2, 0) is 14.3 Å². The fourth-order valence-electron chi connectivity index (χ4n) is 0.754. The van der Waals surface area contributed by atoms with Gasteiger partial charge in [-0.05, 0) is 20.8 Å². The van der Waals surface area contributed by atoms with E-state index in [1.807, 2.05) is 22.6 Å². The molecular weight excluding hydrogens is 287 g/mol. The van der Waals surface area contributed by atoms with Crippen molar-refractivity contribution < 1.29 is 19.4 Å². The summed E-state index contributed by atoms with van der Waals surface area (Å²) in [4.78, 5) is 21.5. The summed E-state index contributed by atoms with van der Waals surface area (Å²) < 4.78 is 4.72. The third-order valence-corrected chi connectivity index (χ3v) is 1.79. The number of aliphatic carboxylic acids is 1. The molecule has 0 radical (unpaired) electrons. The number of carboxylic acid groups (broad SMARTS) is 1. The van der Waals surface area contributed by atoms with E-state index in [9.17, 15) is 9.59 Å². The Labute approximate surface area is 90.8 Å². The van der Waals surface area contributed by atoms with Crippen molar-refractivity contribution >= 4 is 34.5 Å². The van der Waals surface area contributed by atoms with Crippen molar-refractivity contribution in [3.63, 3.8) is 0 Å². The molecule has 0 fully saturated rings. The van der Waals surface area contributed by atoms with Crippen LogP contribution in [0.25, 0.3) is 0 Å². The highest BCUT2D eigenvalue weighted by Gasteiger charge is 2.27. The van der Waals surface area contributed by atoms with Gasteiger partial charge >= 0.3 is 11.9 Å². The molecule has 4 nitrogen and oxygen atoms in total. The molecule has 1 unspecified atom stereocenters. The number of alkyl halides is 1. The summed E-state index contributed by atoms with van der Waals surface area (Å²) in [5.41, 5.74) is -0.928. The van der Waals surface area contributed by atoms with Crippen LogP contribution in [0.4, 0.5) is 0 Å². The zero-order valence-corrected chi connectivity index (χ0v) is 9.99. The fraction of sp³-hybridized carbons (Fsp3) is 0.750. The van der Waals surface area contributed by atoms with Crippen molar-refractivity contribution in [1.29, 1.82) is 0 Å². The molecule has 0 rings (SSSR count). The Morgan fingerprint density at radius 3 is 2.31 bits per heavy atom. The molecule has 0 amide bonds. The van der Waals surface area contributed by atoms with E-state index in [1.54, 1.807) is 20.8 Å².